The molecule has 0 bridgehead atoms. The van der Waals surface area contributed by atoms with E-state index in [0.29, 0.717) is 0 Å². The SMILES string of the molecule is CC(=O)N[C@H]1[C@@H](OC2O[C@@H](CO)[C@@H](O)[C@@H](O)[C@@H]2O)O[C@H](CO[C@H]2O[C@H](CO)C(O[C@H]3O[C@H](CO)[C@H](O)[C@H](O)[C@H]3O)[C@H](O)[C@H]2NC(C)=O)[C@H](O)[C@@H]1O. The summed E-state index contributed by atoms with van der Waals surface area (Å²) in [4.78, 5) is 24.1. The van der Waals surface area contributed by atoms with Crippen molar-refractivity contribution in [3.8, 4) is 0 Å². The van der Waals surface area contributed by atoms with Gasteiger partial charge in [0.1, 0.15) is 97.5 Å². The molecule has 4 aliphatic heterocycles. The van der Waals surface area contributed by atoms with E-state index in [4.69, 9.17) is 33.2 Å². The minimum atomic E-state index is -1.91. The molecule has 0 aliphatic carbocycles. The van der Waals surface area contributed by atoms with Crippen LogP contribution in [0.1, 0.15) is 13.8 Å². The van der Waals surface area contributed by atoms with Gasteiger partial charge >= 0.3 is 0 Å². The Labute approximate surface area is 289 Å². The van der Waals surface area contributed by atoms with Crippen molar-refractivity contribution in [3.63, 3.8) is 0 Å². The molecule has 23 nitrogen and oxygen atoms in total. The highest BCUT2D eigenvalue weighted by Crippen LogP contribution is 2.32. The van der Waals surface area contributed by atoms with Gasteiger partial charge in [-0.1, -0.05) is 0 Å². The lowest BCUT2D eigenvalue weighted by Gasteiger charge is -2.48. The number of rotatable bonds is 12. The van der Waals surface area contributed by atoms with Gasteiger partial charge in [0.2, 0.25) is 11.8 Å². The van der Waals surface area contributed by atoms with Gasteiger partial charge in [0.15, 0.2) is 25.2 Å². The second-order valence-corrected chi connectivity index (χ2v) is 12.7. The number of carbonyl (C=O) groups is 2. The van der Waals surface area contributed by atoms with Gasteiger partial charge in [-0.25, -0.2) is 0 Å². The van der Waals surface area contributed by atoms with E-state index >= 15 is 0 Å². The van der Waals surface area contributed by atoms with E-state index in [-0.39, 0.29) is 0 Å². The van der Waals surface area contributed by atoms with Crippen LogP contribution in [-0.2, 0) is 42.7 Å². The summed E-state index contributed by atoms with van der Waals surface area (Å²) in [6, 6.07) is -3.01. The normalized spacial score (nSPS) is 47.8. The van der Waals surface area contributed by atoms with E-state index in [1.54, 1.807) is 0 Å². The molecule has 2 amide bonds. The Morgan fingerprint density at radius 1 is 0.490 bits per heavy atom. The van der Waals surface area contributed by atoms with Gasteiger partial charge in [-0.05, 0) is 0 Å². The Morgan fingerprint density at radius 3 is 1.37 bits per heavy atom. The lowest BCUT2D eigenvalue weighted by molar-refractivity contribution is -0.369. The predicted octanol–water partition coefficient (Wildman–Crippen LogP) is -9.46. The summed E-state index contributed by atoms with van der Waals surface area (Å²) in [5, 5.41) is 128. The molecule has 20 atom stereocenters. The summed E-state index contributed by atoms with van der Waals surface area (Å²) >= 11 is 0. The van der Waals surface area contributed by atoms with Gasteiger partial charge in [0, 0.05) is 13.8 Å². The first kappa shape index (κ1) is 41.9. The Hall–Kier alpha value is -1.82. The Balaban J connectivity index is 1.51. The lowest BCUT2D eigenvalue weighted by atomic mass is 9.95. The lowest BCUT2D eigenvalue weighted by Crippen LogP contribution is -2.68. The molecule has 4 aliphatic rings. The first-order chi connectivity index (χ1) is 24.0. The number of hydrogen-bond donors (Lipinski definition) is 14. The van der Waals surface area contributed by atoms with Crippen molar-refractivity contribution in [2.75, 3.05) is 26.4 Å². The maximum Gasteiger partial charge on any atom is 0.217 e. The van der Waals surface area contributed by atoms with E-state index in [1.165, 1.54) is 0 Å². The number of aliphatic hydroxyl groups is 12. The summed E-state index contributed by atoms with van der Waals surface area (Å²) in [7, 11) is 0. The molecule has 0 aromatic heterocycles. The van der Waals surface area contributed by atoms with Crippen LogP contribution in [0.4, 0.5) is 0 Å². The van der Waals surface area contributed by atoms with Crippen LogP contribution in [0.3, 0.4) is 0 Å². The third-order valence-electron chi connectivity index (χ3n) is 8.97. The molecule has 23 heteroatoms. The van der Waals surface area contributed by atoms with Crippen LogP contribution in [-0.4, -0.2) is 222 Å². The molecule has 2 unspecified atom stereocenters. The number of hydrogen-bond acceptors (Lipinski definition) is 21. The van der Waals surface area contributed by atoms with Crippen LogP contribution in [0.25, 0.3) is 0 Å². The largest absolute Gasteiger partial charge is 0.394 e. The molecule has 0 saturated carbocycles. The zero-order valence-electron chi connectivity index (χ0n) is 27.4. The van der Waals surface area contributed by atoms with Gasteiger partial charge in [-0.15, -0.1) is 0 Å². The molecule has 14 N–H and O–H groups in total. The molecule has 0 aromatic carbocycles. The topological polar surface area (TPSA) is 366 Å². The van der Waals surface area contributed by atoms with Crippen molar-refractivity contribution in [2.45, 2.75) is 137 Å². The van der Waals surface area contributed by atoms with Gasteiger partial charge in [0.25, 0.3) is 0 Å². The van der Waals surface area contributed by atoms with E-state index in [1.807, 2.05) is 0 Å². The number of amides is 2. The van der Waals surface area contributed by atoms with Crippen LogP contribution in [0.5, 0.6) is 0 Å². The predicted molar refractivity (Wildman–Crippen MR) is 157 cm³/mol. The zero-order valence-corrected chi connectivity index (χ0v) is 27.4. The second-order valence-electron chi connectivity index (χ2n) is 12.7. The Kier molecular flexibility index (Phi) is 14.8. The molecule has 4 rings (SSSR count). The Bertz CT molecular complexity index is 1140. The first-order valence-corrected chi connectivity index (χ1v) is 16.1. The maximum atomic E-state index is 12.1. The van der Waals surface area contributed by atoms with Gasteiger partial charge in [0.05, 0.1) is 26.4 Å². The van der Waals surface area contributed by atoms with Gasteiger partial charge in [-0.3, -0.25) is 9.59 Å². The fourth-order valence-corrected chi connectivity index (χ4v) is 6.18. The number of nitrogens with one attached hydrogen (secondary N) is 2. The van der Waals surface area contributed by atoms with E-state index in [0.717, 1.165) is 13.8 Å². The molecule has 0 radical (unpaired) electrons. The van der Waals surface area contributed by atoms with Crippen molar-refractivity contribution in [1.29, 1.82) is 0 Å². The van der Waals surface area contributed by atoms with Crippen molar-refractivity contribution >= 4 is 11.8 Å². The van der Waals surface area contributed by atoms with Crippen molar-refractivity contribution in [3.05, 3.63) is 0 Å². The van der Waals surface area contributed by atoms with Crippen LogP contribution in [0.2, 0.25) is 0 Å². The average molecular weight is 749 g/mol. The zero-order chi connectivity index (χ0) is 37.9. The summed E-state index contributed by atoms with van der Waals surface area (Å²) in [5.41, 5.74) is 0. The monoisotopic (exact) mass is 748 g/mol. The number of ether oxygens (including phenoxy) is 7. The Morgan fingerprint density at radius 2 is 0.902 bits per heavy atom. The average Bonchev–Trinajstić information content (AvgIpc) is 3.09. The second kappa shape index (κ2) is 18.0. The van der Waals surface area contributed by atoms with E-state index < -0.39 is 161 Å². The quantitative estimate of drug-likeness (QED) is 0.0881. The fourth-order valence-electron chi connectivity index (χ4n) is 6.18. The van der Waals surface area contributed by atoms with Crippen LogP contribution < -0.4 is 10.6 Å². The summed E-state index contributed by atoms with van der Waals surface area (Å²) in [6.45, 7) is -0.979. The third kappa shape index (κ3) is 9.29. The smallest absolute Gasteiger partial charge is 0.217 e. The highest BCUT2D eigenvalue weighted by Gasteiger charge is 2.53. The van der Waals surface area contributed by atoms with Gasteiger partial charge in [-0.2, -0.15) is 0 Å². The van der Waals surface area contributed by atoms with E-state index in [9.17, 15) is 70.9 Å². The molecule has 4 fully saturated rings. The highest BCUT2D eigenvalue weighted by molar-refractivity contribution is 5.73. The first-order valence-electron chi connectivity index (χ1n) is 16.1. The molecular formula is C28H48N2O21. The number of aliphatic hydroxyl groups excluding tert-OH is 12. The summed E-state index contributed by atoms with van der Waals surface area (Å²) < 4.78 is 39.2. The van der Waals surface area contributed by atoms with Crippen molar-refractivity contribution < 1.29 is 104 Å². The highest BCUT2D eigenvalue weighted by atomic mass is 16.8. The van der Waals surface area contributed by atoms with Crippen LogP contribution in [0, 0.1) is 0 Å². The van der Waals surface area contributed by atoms with Crippen molar-refractivity contribution in [1.82, 2.24) is 10.6 Å². The summed E-state index contributed by atoms with van der Waals surface area (Å²) in [6.07, 6.45) is -30.7. The molecule has 51 heavy (non-hydrogen) atoms. The van der Waals surface area contributed by atoms with E-state index in [2.05, 4.69) is 10.6 Å². The van der Waals surface area contributed by atoms with Crippen LogP contribution >= 0.6 is 0 Å². The molecule has 4 heterocycles. The standard InChI is InChI=1S/C28H48N2O21/c1-7(34)29-13-18(39)17(38)12(49-26(13)51-28-23(44)21(42)16(37)10(4-32)47-28)6-45-25-14(30-8(2)35)19(40)24(11(5-33)48-25)50-27-22(43)20(41)15(36)9(3-31)46-27/h9-28,31-33,36-44H,3-6H2,1-2H3,(H,29,34)(H,30,35)/t9-,10+,11-,12-,13-,14-,15+,16-,17+,18-,19-,20+,21-,22-,23+,24?,25+,26-,27-,28?/m1/s1. The minimum Gasteiger partial charge on any atom is -0.394 e. The van der Waals surface area contributed by atoms with Crippen molar-refractivity contribution in [2.24, 2.45) is 0 Å². The molecule has 4 saturated heterocycles. The minimum absolute atomic E-state index is 0.703. The van der Waals surface area contributed by atoms with Gasteiger partial charge < -0.3 is 105 Å². The fraction of sp³-hybridized carbons (Fsp3) is 0.929. The molecular weight excluding hydrogens is 700 g/mol. The summed E-state index contributed by atoms with van der Waals surface area (Å²) in [5.74, 6) is -1.41. The molecule has 296 valence electrons. The number of carbonyl (C=O) groups excluding carboxylic acids is 2. The van der Waals surface area contributed by atoms with Crippen LogP contribution in [0.15, 0.2) is 0 Å². The molecule has 0 aromatic rings. The third-order valence-corrected chi connectivity index (χ3v) is 8.97. The maximum absolute atomic E-state index is 12.1. The molecule has 0 spiro atoms.